The Morgan fingerprint density at radius 2 is 1.17 bits per heavy atom. The van der Waals surface area contributed by atoms with Crippen LogP contribution in [0.1, 0.15) is 27.7 Å². The second-order valence-corrected chi connectivity index (χ2v) is 5.03. The molecule has 1 heterocycles. The predicted octanol–water partition coefficient (Wildman–Crippen LogP) is 0.0390. The largest absolute Gasteiger partial charge is 0.456 e. The molecule has 0 radical (unpaired) electrons. The lowest BCUT2D eigenvalue weighted by atomic mass is 9.98. The fraction of sp³-hybridized carbons (Fsp3) is 0.714. The van der Waals surface area contributed by atoms with Crippen LogP contribution in [0.2, 0.25) is 0 Å². The summed E-state index contributed by atoms with van der Waals surface area (Å²) in [5.74, 6) is -3.16. The van der Waals surface area contributed by atoms with E-state index >= 15 is 0 Å². The zero-order valence-electron chi connectivity index (χ0n) is 13.6. The van der Waals surface area contributed by atoms with Crippen molar-refractivity contribution in [1.29, 1.82) is 0 Å². The zero-order valence-corrected chi connectivity index (χ0v) is 13.6. The molecule has 1 saturated heterocycles. The van der Waals surface area contributed by atoms with E-state index in [2.05, 4.69) is 0 Å². The highest BCUT2D eigenvalue weighted by Gasteiger charge is 2.53. The van der Waals surface area contributed by atoms with E-state index in [0.717, 1.165) is 27.7 Å². The Balaban J connectivity index is 3.23. The molecule has 1 rings (SSSR count). The van der Waals surface area contributed by atoms with Gasteiger partial charge >= 0.3 is 23.9 Å². The molecule has 0 aromatic rings. The van der Waals surface area contributed by atoms with Gasteiger partial charge in [-0.3, -0.25) is 19.2 Å². The number of carbonyl (C=O) groups excluding carboxylic acids is 4. The van der Waals surface area contributed by atoms with E-state index in [4.69, 9.17) is 23.7 Å². The van der Waals surface area contributed by atoms with Gasteiger partial charge in [-0.05, 0) is 0 Å². The first-order valence-corrected chi connectivity index (χ1v) is 7.06. The van der Waals surface area contributed by atoms with Gasteiger partial charge in [-0.25, -0.2) is 4.39 Å². The van der Waals surface area contributed by atoms with E-state index in [-0.39, 0.29) is 0 Å². The predicted molar refractivity (Wildman–Crippen MR) is 73.1 cm³/mol. The average molecular weight is 350 g/mol. The number of hydrogen-bond acceptors (Lipinski definition) is 9. The lowest BCUT2D eigenvalue weighted by molar-refractivity contribution is -0.297. The van der Waals surface area contributed by atoms with Crippen LogP contribution in [0.15, 0.2) is 0 Å². The Kier molecular flexibility index (Phi) is 7.08. The molecule has 5 atom stereocenters. The molecule has 24 heavy (non-hydrogen) atoms. The molecular formula is C14H19FO9. The summed E-state index contributed by atoms with van der Waals surface area (Å²) in [7, 11) is 0. The van der Waals surface area contributed by atoms with Gasteiger partial charge in [0.15, 0.2) is 12.2 Å². The van der Waals surface area contributed by atoms with Gasteiger partial charge in [0, 0.05) is 27.7 Å². The Hall–Kier alpha value is -2.23. The van der Waals surface area contributed by atoms with Crippen molar-refractivity contribution in [3.63, 3.8) is 0 Å². The molecule has 1 fully saturated rings. The van der Waals surface area contributed by atoms with Crippen LogP contribution < -0.4 is 0 Å². The molecule has 9 nitrogen and oxygen atoms in total. The van der Waals surface area contributed by atoms with Gasteiger partial charge < -0.3 is 23.7 Å². The quantitative estimate of drug-likeness (QED) is 0.500. The summed E-state index contributed by atoms with van der Waals surface area (Å²) in [5.41, 5.74) is 0. The third-order valence-electron chi connectivity index (χ3n) is 2.93. The lowest BCUT2D eigenvalue weighted by Crippen LogP contribution is -2.62. The normalized spacial score (nSPS) is 29.3. The van der Waals surface area contributed by atoms with E-state index in [9.17, 15) is 23.6 Å². The van der Waals surface area contributed by atoms with E-state index < -0.39 is 61.3 Å². The average Bonchev–Trinajstić information content (AvgIpc) is 2.42. The molecule has 0 N–H and O–H groups in total. The van der Waals surface area contributed by atoms with Crippen molar-refractivity contribution < 1.29 is 47.3 Å². The van der Waals surface area contributed by atoms with Crippen LogP contribution in [-0.2, 0) is 42.9 Å². The van der Waals surface area contributed by atoms with E-state index in [1.807, 2.05) is 0 Å². The number of halogens is 1. The monoisotopic (exact) mass is 350 g/mol. The van der Waals surface area contributed by atoms with Crippen LogP contribution in [0.5, 0.6) is 0 Å². The summed E-state index contributed by atoms with van der Waals surface area (Å²) >= 11 is 0. The number of carbonyl (C=O) groups is 4. The minimum absolute atomic E-state index is 0.785. The fourth-order valence-corrected chi connectivity index (χ4v) is 2.24. The first-order chi connectivity index (χ1) is 11.1. The van der Waals surface area contributed by atoms with Crippen LogP contribution >= 0.6 is 0 Å². The van der Waals surface area contributed by atoms with E-state index in [1.54, 1.807) is 0 Å². The molecule has 0 aromatic heterocycles. The van der Waals surface area contributed by atoms with Crippen molar-refractivity contribution in [2.45, 2.75) is 58.4 Å². The highest BCUT2D eigenvalue weighted by molar-refractivity contribution is 5.69. The Labute approximate surface area is 137 Å². The maximum absolute atomic E-state index is 13.3. The van der Waals surface area contributed by atoms with Crippen LogP contribution in [0, 0.1) is 0 Å². The molecule has 0 saturated carbocycles. The number of hydrogen-bond donors (Lipinski definition) is 0. The van der Waals surface area contributed by atoms with Gasteiger partial charge in [0.2, 0.25) is 12.4 Å². The van der Waals surface area contributed by atoms with Crippen LogP contribution in [-0.4, -0.2) is 61.3 Å². The molecule has 3 unspecified atom stereocenters. The summed E-state index contributed by atoms with van der Waals surface area (Å²) in [4.78, 5) is 45.1. The third-order valence-corrected chi connectivity index (χ3v) is 2.93. The molecule has 0 amide bonds. The highest BCUT2D eigenvalue weighted by Crippen LogP contribution is 2.29. The Bertz CT molecular complexity index is 506. The van der Waals surface area contributed by atoms with Gasteiger partial charge in [0.25, 0.3) is 0 Å². The molecular weight excluding hydrogens is 331 g/mol. The smallest absolute Gasteiger partial charge is 0.305 e. The second kappa shape index (κ2) is 8.57. The van der Waals surface area contributed by atoms with Gasteiger partial charge in [0.1, 0.15) is 12.8 Å². The molecule has 136 valence electrons. The first kappa shape index (κ1) is 19.8. The van der Waals surface area contributed by atoms with Crippen LogP contribution in [0.4, 0.5) is 4.39 Å². The lowest BCUT2D eigenvalue weighted by Gasteiger charge is -2.43. The number of alkyl halides is 1. The maximum Gasteiger partial charge on any atom is 0.305 e. The summed E-state index contributed by atoms with van der Waals surface area (Å²) in [6.07, 6.45) is -7.12. The van der Waals surface area contributed by atoms with Gasteiger partial charge in [-0.1, -0.05) is 0 Å². The standard InChI is InChI=1S/C14H19FO9/c1-6(16)20-11-10(5-15)24-14(23-9(4)19)13(22-8(3)18)12(11)21-7(2)17/h10-14H,5H2,1-4H3/t10?,11-,12?,13?,14+/m0/s1. The first-order valence-electron chi connectivity index (χ1n) is 7.06. The van der Waals surface area contributed by atoms with Crippen LogP contribution in [0.25, 0.3) is 0 Å². The molecule has 0 spiro atoms. The molecule has 0 aliphatic carbocycles. The van der Waals surface area contributed by atoms with E-state index in [1.165, 1.54) is 0 Å². The highest BCUT2D eigenvalue weighted by atomic mass is 19.1. The van der Waals surface area contributed by atoms with Gasteiger partial charge in [0.05, 0.1) is 0 Å². The Morgan fingerprint density at radius 3 is 1.58 bits per heavy atom. The van der Waals surface area contributed by atoms with Gasteiger partial charge in [-0.2, -0.15) is 0 Å². The molecule has 0 aromatic carbocycles. The van der Waals surface area contributed by atoms with E-state index in [0.29, 0.717) is 0 Å². The van der Waals surface area contributed by atoms with Crippen molar-refractivity contribution in [3.05, 3.63) is 0 Å². The SMILES string of the molecule is CC(=O)OC1C(OC(C)=O)[C@@H](OC(C)=O)C(CF)O[C@H]1OC(C)=O. The number of esters is 4. The molecule has 1 aliphatic heterocycles. The minimum atomic E-state index is -1.52. The number of rotatable bonds is 5. The molecule has 10 heteroatoms. The zero-order chi connectivity index (χ0) is 18.4. The fourth-order valence-electron chi connectivity index (χ4n) is 2.24. The van der Waals surface area contributed by atoms with Crippen molar-refractivity contribution in [3.8, 4) is 0 Å². The Morgan fingerprint density at radius 1 is 0.750 bits per heavy atom. The summed E-state index contributed by atoms with van der Waals surface area (Å²) < 4.78 is 38.4. The van der Waals surface area contributed by atoms with Crippen molar-refractivity contribution in [2.24, 2.45) is 0 Å². The molecule has 0 bridgehead atoms. The summed E-state index contributed by atoms with van der Waals surface area (Å²) in [5, 5.41) is 0. The topological polar surface area (TPSA) is 114 Å². The van der Waals surface area contributed by atoms with Crippen LogP contribution in [0.3, 0.4) is 0 Å². The third kappa shape index (κ3) is 5.44. The van der Waals surface area contributed by atoms with Crippen molar-refractivity contribution in [1.82, 2.24) is 0 Å². The summed E-state index contributed by atoms with van der Waals surface area (Å²) in [6, 6.07) is 0. The van der Waals surface area contributed by atoms with Crippen molar-refractivity contribution in [2.75, 3.05) is 6.67 Å². The summed E-state index contributed by atoms with van der Waals surface area (Å²) in [6.45, 7) is 3.14. The second-order valence-electron chi connectivity index (χ2n) is 5.03. The maximum atomic E-state index is 13.3. The number of ether oxygens (including phenoxy) is 5. The van der Waals surface area contributed by atoms with Crippen molar-refractivity contribution >= 4 is 23.9 Å². The minimum Gasteiger partial charge on any atom is -0.456 e. The molecule has 1 aliphatic rings. The van der Waals surface area contributed by atoms with Gasteiger partial charge in [-0.15, -0.1) is 0 Å².